The zero-order valence-electron chi connectivity index (χ0n) is 13.3. The molecule has 0 bridgehead atoms. The molecule has 2 saturated heterocycles. The van der Waals surface area contributed by atoms with Crippen LogP contribution in [0.2, 0.25) is 0 Å². The van der Waals surface area contributed by atoms with Crippen molar-refractivity contribution in [1.29, 1.82) is 0 Å². The molecule has 3 fully saturated rings. The Hall–Kier alpha value is -2.13. The van der Waals surface area contributed by atoms with Gasteiger partial charge in [-0.2, -0.15) is 8.42 Å². The molecular formula is C16H18FN3O4S. The van der Waals surface area contributed by atoms with E-state index in [0.29, 0.717) is 22.7 Å². The van der Waals surface area contributed by atoms with Gasteiger partial charge >= 0.3 is 10.2 Å². The molecule has 1 atom stereocenters. The van der Waals surface area contributed by atoms with Gasteiger partial charge < -0.3 is 10.4 Å². The normalized spacial score (nSPS) is 27.1. The van der Waals surface area contributed by atoms with Gasteiger partial charge in [0.2, 0.25) is 0 Å². The van der Waals surface area contributed by atoms with Crippen LogP contribution in [0.15, 0.2) is 17.7 Å². The zero-order chi connectivity index (χ0) is 17.8. The maximum Gasteiger partial charge on any atom is 0.326 e. The Kier molecular flexibility index (Phi) is 3.73. The van der Waals surface area contributed by atoms with Crippen molar-refractivity contribution in [3.63, 3.8) is 0 Å². The van der Waals surface area contributed by atoms with Crippen molar-refractivity contribution in [2.24, 2.45) is 11.8 Å². The van der Waals surface area contributed by atoms with Gasteiger partial charge in [-0.1, -0.05) is 11.6 Å². The molecular weight excluding hydrogens is 349 g/mol. The summed E-state index contributed by atoms with van der Waals surface area (Å²) in [6.07, 6.45) is 4.07. The number of hydrogen-bond acceptors (Lipinski definition) is 5. The monoisotopic (exact) mass is 367 g/mol. The predicted octanol–water partition coefficient (Wildman–Crippen LogP) is 0.725. The second-order valence-corrected chi connectivity index (χ2v) is 8.26. The summed E-state index contributed by atoms with van der Waals surface area (Å²) in [4.78, 5) is 11.4. The van der Waals surface area contributed by atoms with Gasteiger partial charge in [0.05, 0.1) is 0 Å². The first kappa shape index (κ1) is 16.3. The van der Waals surface area contributed by atoms with Crippen molar-refractivity contribution in [2.75, 3.05) is 23.9 Å². The molecule has 0 aromatic heterocycles. The number of phenols is 1. The smallest absolute Gasteiger partial charge is 0.326 e. The van der Waals surface area contributed by atoms with Crippen LogP contribution in [0, 0.1) is 17.7 Å². The molecule has 9 heteroatoms. The number of halogens is 1. The maximum atomic E-state index is 15.0. The molecule has 0 radical (unpaired) electrons. The van der Waals surface area contributed by atoms with Gasteiger partial charge in [-0.15, -0.1) is 0 Å². The SMILES string of the molecule is O=C1CN(c2c(O)ccc(/C=C3/CNCC3C3CC3)c2F)S(=O)(=O)N1. The highest BCUT2D eigenvalue weighted by atomic mass is 32.2. The van der Waals surface area contributed by atoms with E-state index in [1.165, 1.54) is 25.0 Å². The summed E-state index contributed by atoms with van der Waals surface area (Å²) in [5.74, 6) is -1.15. The molecule has 3 aliphatic rings. The molecule has 1 amide bonds. The Morgan fingerprint density at radius 1 is 1.32 bits per heavy atom. The Labute approximate surface area is 144 Å². The third kappa shape index (κ3) is 2.87. The fraction of sp³-hybridized carbons (Fsp3) is 0.438. The Morgan fingerprint density at radius 3 is 2.72 bits per heavy atom. The van der Waals surface area contributed by atoms with Crippen LogP contribution in [-0.4, -0.2) is 39.1 Å². The van der Waals surface area contributed by atoms with Gasteiger partial charge in [0, 0.05) is 18.7 Å². The Bertz CT molecular complexity index is 880. The third-order valence-electron chi connectivity index (χ3n) is 4.90. The van der Waals surface area contributed by atoms with Crippen LogP contribution in [0.25, 0.3) is 6.08 Å². The molecule has 4 rings (SSSR count). The zero-order valence-corrected chi connectivity index (χ0v) is 14.1. The largest absolute Gasteiger partial charge is 0.506 e. The average Bonchev–Trinajstić information content (AvgIpc) is 3.21. The van der Waals surface area contributed by atoms with Crippen LogP contribution in [0.5, 0.6) is 5.75 Å². The number of benzene rings is 1. The van der Waals surface area contributed by atoms with Crippen LogP contribution in [-0.2, 0) is 15.0 Å². The number of nitrogens with one attached hydrogen (secondary N) is 2. The highest BCUT2D eigenvalue weighted by molar-refractivity contribution is 7.92. The predicted molar refractivity (Wildman–Crippen MR) is 89.5 cm³/mol. The van der Waals surface area contributed by atoms with Crippen molar-refractivity contribution >= 4 is 27.9 Å². The minimum absolute atomic E-state index is 0.201. The van der Waals surface area contributed by atoms with Crippen molar-refractivity contribution in [3.05, 3.63) is 29.1 Å². The van der Waals surface area contributed by atoms with Crippen molar-refractivity contribution in [3.8, 4) is 5.75 Å². The number of nitrogens with zero attached hydrogens (tertiary/aromatic N) is 1. The van der Waals surface area contributed by atoms with Crippen LogP contribution in [0.3, 0.4) is 0 Å². The van der Waals surface area contributed by atoms with Crippen LogP contribution >= 0.6 is 0 Å². The lowest BCUT2D eigenvalue weighted by molar-refractivity contribution is -0.117. The molecule has 1 aromatic carbocycles. The first-order chi connectivity index (χ1) is 11.9. The van der Waals surface area contributed by atoms with Gasteiger partial charge in [0.25, 0.3) is 5.91 Å². The lowest BCUT2D eigenvalue weighted by Gasteiger charge is -2.18. The molecule has 2 aliphatic heterocycles. The summed E-state index contributed by atoms with van der Waals surface area (Å²) in [5, 5.41) is 13.3. The number of phenolic OH excluding ortho intramolecular Hbond substituents is 1. The van der Waals surface area contributed by atoms with E-state index >= 15 is 0 Å². The van der Waals surface area contributed by atoms with Crippen LogP contribution in [0.4, 0.5) is 10.1 Å². The lowest BCUT2D eigenvalue weighted by Crippen LogP contribution is -2.30. The summed E-state index contributed by atoms with van der Waals surface area (Å²) < 4.78 is 41.3. The fourth-order valence-corrected chi connectivity index (χ4v) is 4.69. The van der Waals surface area contributed by atoms with E-state index in [-0.39, 0.29) is 5.56 Å². The van der Waals surface area contributed by atoms with Gasteiger partial charge in [-0.05, 0) is 36.8 Å². The van der Waals surface area contributed by atoms with Crippen LogP contribution < -0.4 is 14.3 Å². The van der Waals surface area contributed by atoms with Gasteiger partial charge in [0.15, 0.2) is 5.82 Å². The second-order valence-electron chi connectivity index (χ2n) is 6.67. The number of carbonyl (C=O) groups excluding carboxylic acids is 1. The summed E-state index contributed by atoms with van der Waals surface area (Å²) in [6, 6.07) is 2.67. The number of carbonyl (C=O) groups is 1. The van der Waals surface area contributed by atoms with Crippen molar-refractivity contribution in [2.45, 2.75) is 12.8 Å². The van der Waals surface area contributed by atoms with E-state index in [4.69, 9.17) is 0 Å². The van der Waals surface area contributed by atoms with Gasteiger partial charge in [0.1, 0.15) is 18.0 Å². The quantitative estimate of drug-likeness (QED) is 0.731. The number of rotatable bonds is 3. The average molecular weight is 367 g/mol. The molecule has 2 heterocycles. The van der Waals surface area contributed by atoms with E-state index in [2.05, 4.69) is 5.32 Å². The van der Waals surface area contributed by atoms with E-state index in [1.54, 1.807) is 10.8 Å². The minimum atomic E-state index is -4.19. The molecule has 7 nitrogen and oxygen atoms in total. The maximum absolute atomic E-state index is 15.0. The lowest BCUT2D eigenvalue weighted by atomic mass is 9.95. The molecule has 3 N–H and O–H groups in total. The Morgan fingerprint density at radius 2 is 2.08 bits per heavy atom. The van der Waals surface area contributed by atoms with E-state index < -0.39 is 39.9 Å². The topological polar surface area (TPSA) is 98.7 Å². The third-order valence-corrected chi connectivity index (χ3v) is 6.27. The van der Waals surface area contributed by atoms with E-state index in [0.717, 1.165) is 12.1 Å². The van der Waals surface area contributed by atoms with E-state index in [1.807, 2.05) is 0 Å². The number of aromatic hydroxyl groups is 1. The molecule has 1 aromatic rings. The standard InChI is InChI=1S/C16H18FN3O4S/c17-15-10(5-11-6-18-7-12(11)9-1-2-9)3-4-13(21)16(15)20-8-14(22)19-25(20,23)24/h3-5,9,12,18,21H,1-2,6-8H2,(H,19,22)/b11-5-. The molecule has 25 heavy (non-hydrogen) atoms. The number of amides is 1. The highest BCUT2D eigenvalue weighted by Crippen LogP contribution is 2.43. The van der Waals surface area contributed by atoms with Crippen molar-refractivity contribution in [1.82, 2.24) is 10.0 Å². The second kappa shape index (κ2) is 5.70. The van der Waals surface area contributed by atoms with E-state index in [9.17, 15) is 22.7 Å². The minimum Gasteiger partial charge on any atom is -0.506 e. The fourth-order valence-electron chi connectivity index (χ4n) is 3.52. The molecule has 1 unspecified atom stereocenters. The van der Waals surface area contributed by atoms with Gasteiger partial charge in [-0.3, -0.25) is 4.79 Å². The van der Waals surface area contributed by atoms with Crippen LogP contribution in [0.1, 0.15) is 18.4 Å². The summed E-state index contributed by atoms with van der Waals surface area (Å²) in [7, 11) is -4.19. The molecule has 0 spiro atoms. The number of anilines is 1. The first-order valence-electron chi connectivity index (χ1n) is 8.13. The van der Waals surface area contributed by atoms with Gasteiger partial charge in [-0.25, -0.2) is 13.4 Å². The highest BCUT2D eigenvalue weighted by Gasteiger charge is 2.38. The van der Waals surface area contributed by atoms with Crippen molar-refractivity contribution < 1.29 is 22.7 Å². The number of hydrogen-bond donors (Lipinski definition) is 3. The molecule has 1 saturated carbocycles. The summed E-state index contributed by atoms with van der Waals surface area (Å²) in [5.41, 5.74) is 0.782. The summed E-state index contributed by atoms with van der Waals surface area (Å²) in [6.45, 7) is 0.972. The summed E-state index contributed by atoms with van der Waals surface area (Å²) >= 11 is 0. The molecule has 134 valence electrons. The first-order valence-corrected chi connectivity index (χ1v) is 9.57. The molecule has 1 aliphatic carbocycles. The Balaban J connectivity index is 1.75.